The molecular weight excluding hydrogens is 539 g/mol. The average Bonchev–Trinajstić information content (AvgIpc) is 3.09. The molecule has 2 heterocycles. The van der Waals surface area contributed by atoms with Crippen LogP contribution in [0.3, 0.4) is 0 Å². The molecule has 3 aromatic rings. The Labute approximate surface area is 215 Å². The summed E-state index contributed by atoms with van der Waals surface area (Å²) in [7, 11) is -4.49. The van der Waals surface area contributed by atoms with E-state index in [2.05, 4.69) is 0 Å². The van der Waals surface area contributed by atoms with Crippen molar-refractivity contribution >= 4 is 21.1 Å². The lowest BCUT2D eigenvalue weighted by Crippen LogP contribution is -2.56. The van der Waals surface area contributed by atoms with Gasteiger partial charge >= 0.3 is 6.18 Å². The van der Waals surface area contributed by atoms with E-state index in [1.165, 1.54) is 22.9 Å². The maximum Gasteiger partial charge on any atom is 0.417 e. The third-order valence-corrected chi connectivity index (χ3v) is 7.70. The van der Waals surface area contributed by atoms with Gasteiger partial charge in [0.2, 0.25) is 0 Å². The highest BCUT2D eigenvalue weighted by molar-refractivity contribution is 7.87. The first-order valence-electron chi connectivity index (χ1n) is 11.7. The first-order valence-corrected chi connectivity index (χ1v) is 13.1. The van der Waals surface area contributed by atoms with Crippen molar-refractivity contribution in [2.45, 2.75) is 52.1 Å². The van der Waals surface area contributed by atoms with E-state index >= 15 is 4.39 Å². The van der Waals surface area contributed by atoms with Crippen molar-refractivity contribution < 1.29 is 39.2 Å². The van der Waals surface area contributed by atoms with Crippen LogP contribution in [0.2, 0.25) is 0 Å². The first-order chi connectivity index (χ1) is 17.5. The lowest BCUT2D eigenvalue weighted by molar-refractivity contribution is -0.137. The zero-order valence-corrected chi connectivity index (χ0v) is 21.5. The van der Waals surface area contributed by atoms with Gasteiger partial charge in [-0.2, -0.15) is 30.6 Å². The maximum absolute atomic E-state index is 15.4. The van der Waals surface area contributed by atoms with Crippen LogP contribution in [-0.4, -0.2) is 43.0 Å². The second kappa shape index (κ2) is 9.83. The average molecular weight is 566 g/mol. The second-order valence-electron chi connectivity index (χ2n) is 10.5. The number of halogens is 7. The van der Waals surface area contributed by atoms with Gasteiger partial charge in [-0.25, -0.2) is 17.6 Å². The smallest absolute Gasteiger partial charge is 0.347 e. The van der Waals surface area contributed by atoms with E-state index in [9.17, 15) is 34.8 Å². The maximum atomic E-state index is 15.4. The molecule has 2 aromatic carbocycles. The molecule has 0 aliphatic carbocycles. The van der Waals surface area contributed by atoms with Gasteiger partial charge in [0.15, 0.2) is 0 Å². The Kier molecular flexibility index (Phi) is 7.34. The molecule has 0 radical (unpaired) electrons. The van der Waals surface area contributed by atoms with E-state index < -0.39 is 70.5 Å². The summed E-state index contributed by atoms with van der Waals surface area (Å²) >= 11 is 0. The van der Waals surface area contributed by atoms with Gasteiger partial charge in [0.25, 0.3) is 16.6 Å². The highest BCUT2D eigenvalue weighted by Crippen LogP contribution is 2.41. The highest BCUT2D eigenvalue weighted by Gasteiger charge is 2.40. The van der Waals surface area contributed by atoms with Crippen molar-refractivity contribution in [1.29, 1.82) is 0 Å². The molecule has 38 heavy (non-hydrogen) atoms. The van der Waals surface area contributed by atoms with Gasteiger partial charge in [0.05, 0.1) is 5.56 Å². The van der Waals surface area contributed by atoms with Crippen molar-refractivity contribution in [3.05, 3.63) is 59.5 Å². The summed E-state index contributed by atoms with van der Waals surface area (Å²) in [5.74, 6) is -1.09. The Morgan fingerprint density at radius 2 is 1.68 bits per heavy atom. The third kappa shape index (κ3) is 5.69. The van der Waals surface area contributed by atoms with Crippen LogP contribution in [0, 0.1) is 11.2 Å². The number of aromatic nitrogens is 1. The van der Waals surface area contributed by atoms with Crippen LogP contribution in [-0.2, 0) is 22.9 Å². The van der Waals surface area contributed by atoms with Crippen molar-refractivity contribution in [2.24, 2.45) is 5.41 Å². The molecule has 1 saturated heterocycles. The quantitative estimate of drug-likeness (QED) is 0.342. The molecule has 4 rings (SSSR count). The number of hydrogen-bond donors (Lipinski definition) is 1. The summed E-state index contributed by atoms with van der Waals surface area (Å²) in [6.07, 6.45) is -8.19. The Balaban J connectivity index is 1.90. The minimum Gasteiger partial charge on any atom is -0.347 e. The molecule has 0 bridgehead atoms. The molecule has 208 valence electrons. The van der Waals surface area contributed by atoms with Crippen LogP contribution < -0.4 is 4.72 Å². The molecule has 1 N–H and O–H groups in total. The summed E-state index contributed by atoms with van der Waals surface area (Å²) in [6.45, 7) is 4.76. The topological polar surface area (TPSA) is 54.3 Å². The monoisotopic (exact) mass is 565 g/mol. The molecule has 0 saturated carbocycles. The first kappa shape index (κ1) is 28.4. The molecule has 0 amide bonds. The largest absolute Gasteiger partial charge is 0.417 e. The molecule has 0 spiro atoms. The van der Waals surface area contributed by atoms with Gasteiger partial charge in [0, 0.05) is 47.9 Å². The predicted molar refractivity (Wildman–Crippen MR) is 129 cm³/mol. The zero-order valence-electron chi connectivity index (χ0n) is 20.7. The Morgan fingerprint density at radius 1 is 1.05 bits per heavy atom. The van der Waals surface area contributed by atoms with Crippen LogP contribution in [0.25, 0.3) is 22.0 Å². The van der Waals surface area contributed by atoms with Crippen molar-refractivity contribution in [3.63, 3.8) is 0 Å². The van der Waals surface area contributed by atoms with Crippen LogP contribution in [0.1, 0.15) is 37.9 Å². The summed E-state index contributed by atoms with van der Waals surface area (Å²) < 4.78 is 127. The number of benzene rings is 2. The van der Waals surface area contributed by atoms with Crippen molar-refractivity contribution in [1.82, 2.24) is 13.6 Å². The Morgan fingerprint density at radius 3 is 2.24 bits per heavy atom. The van der Waals surface area contributed by atoms with E-state index in [1.54, 1.807) is 0 Å². The number of alkyl halides is 6. The number of hydrogen-bond acceptors (Lipinski definition) is 2. The van der Waals surface area contributed by atoms with Crippen molar-refractivity contribution in [3.8, 4) is 11.1 Å². The van der Waals surface area contributed by atoms with Gasteiger partial charge < -0.3 is 4.57 Å². The number of rotatable bonds is 7. The van der Waals surface area contributed by atoms with E-state index in [4.69, 9.17) is 0 Å². The van der Waals surface area contributed by atoms with E-state index in [0.717, 1.165) is 24.3 Å². The Hall–Kier alpha value is -2.64. The number of nitrogens with one attached hydrogen (secondary N) is 1. The zero-order chi connectivity index (χ0) is 28.2. The third-order valence-electron chi connectivity index (χ3n) is 6.17. The summed E-state index contributed by atoms with van der Waals surface area (Å²) in [5.41, 5.74) is -2.40. The predicted octanol–water partition coefficient (Wildman–Crippen LogP) is 6.31. The van der Waals surface area contributed by atoms with Crippen molar-refractivity contribution in [2.75, 3.05) is 13.1 Å². The fourth-order valence-electron chi connectivity index (χ4n) is 4.47. The second-order valence-corrected chi connectivity index (χ2v) is 12.2. The fourth-order valence-corrected chi connectivity index (χ4v) is 5.89. The van der Waals surface area contributed by atoms with E-state index in [1.807, 2.05) is 25.5 Å². The summed E-state index contributed by atoms with van der Waals surface area (Å²) in [4.78, 5) is 0. The SMILES string of the molecule is CC(C)(C)Cn1cc(C(NS(=O)(=O)N2CC(F)C2)C(F)F)c2cc(F)c(-c3ccccc3C(F)(F)F)cc21. The molecule has 1 fully saturated rings. The van der Waals surface area contributed by atoms with Gasteiger partial charge in [-0.05, 0) is 29.2 Å². The minimum atomic E-state index is -4.77. The Bertz CT molecular complexity index is 1440. The molecule has 1 atom stereocenters. The highest BCUT2D eigenvalue weighted by atomic mass is 32.2. The molecule has 1 aliphatic rings. The normalized spacial score (nSPS) is 16.8. The molecule has 5 nitrogen and oxygen atoms in total. The van der Waals surface area contributed by atoms with Crippen LogP contribution in [0.15, 0.2) is 42.6 Å². The van der Waals surface area contributed by atoms with E-state index in [-0.39, 0.29) is 28.6 Å². The molecule has 1 aliphatic heterocycles. The fraction of sp³-hybridized carbons (Fsp3) is 0.440. The minimum absolute atomic E-state index is 0.0834. The molecule has 13 heteroatoms. The van der Waals surface area contributed by atoms with E-state index in [0.29, 0.717) is 4.31 Å². The number of fused-ring (bicyclic) bond motifs is 1. The number of nitrogens with zero attached hydrogens (tertiary/aromatic N) is 2. The summed E-state index contributed by atoms with van der Waals surface area (Å²) in [5, 5.41) is -0.0834. The van der Waals surface area contributed by atoms with Gasteiger partial charge in [-0.15, -0.1) is 0 Å². The van der Waals surface area contributed by atoms with Gasteiger partial charge in [-0.3, -0.25) is 0 Å². The molecular formula is C25H26F7N3O2S. The standard InChI is InChI=1S/C25H26F7N3O2S/c1-24(2,3)13-34-12-18(22(23(28)29)33-38(36,37)35-10-14(26)11-35)17-8-20(27)16(9-21(17)34)15-6-4-5-7-19(15)25(30,31)32/h4-9,12,14,22-23,33H,10-11,13H2,1-3H3. The lowest BCUT2D eigenvalue weighted by Gasteiger charge is -2.34. The van der Waals surface area contributed by atoms with Gasteiger partial charge in [-0.1, -0.05) is 39.0 Å². The van der Waals surface area contributed by atoms with Crippen LogP contribution >= 0.6 is 0 Å². The molecule has 1 unspecified atom stereocenters. The lowest BCUT2D eigenvalue weighted by atomic mass is 9.95. The van der Waals surface area contributed by atoms with Crippen LogP contribution in [0.5, 0.6) is 0 Å². The summed E-state index contributed by atoms with van der Waals surface area (Å²) in [6, 6.07) is 4.32. The van der Waals surface area contributed by atoms with Gasteiger partial charge in [0.1, 0.15) is 18.0 Å². The molecule has 1 aromatic heterocycles. The van der Waals surface area contributed by atoms with Crippen LogP contribution in [0.4, 0.5) is 30.7 Å².